The van der Waals surface area contributed by atoms with Gasteiger partial charge < -0.3 is 14.2 Å². The molecule has 4 heteroatoms. The molecule has 19 heavy (non-hydrogen) atoms. The molecule has 0 heterocycles. The predicted molar refractivity (Wildman–Crippen MR) is 81.2 cm³/mol. The highest BCUT2D eigenvalue weighted by molar-refractivity contribution is 7.80. The number of benzene rings is 1. The SMILES string of the molecule is COCCOCCCOCC(CS)c1ccccc1. The van der Waals surface area contributed by atoms with Crippen molar-refractivity contribution in [1.29, 1.82) is 0 Å². The lowest BCUT2D eigenvalue weighted by molar-refractivity contribution is 0.0498. The van der Waals surface area contributed by atoms with Crippen molar-refractivity contribution < 1.29 is 14.2 Å². The van der Waals surface area contributed by atoms with Crippen LogP contribution in [0.3, 0.4) is 0 Å². The maximum Gasteiger partial charge on any atom is 0.0700 e. The second-order valence-corrected chi connectivity index (χ2v) is 4.69. The Balaban J connectivity index is 2.07. The minimum atomic E-state index is 0.360. The van der Waals surface area contributed by atoms with E-state index in [-0.39, 0.29) is 0 Å². The van der Waals surface area contributed by atoms with E-state index in [1.807, 2.05) is 6.07 Å². The zero-order valence-electron chi connectivity index (χ0n) is 11.6. The van der Waals surface area contributed by atoms with Crippen molar-refractivity contribution in [2.24, 2.45) is 0 Å². The van der Waals surface area contributed by atoms with Gasteiger partial charge in [0.25, 0.3) is 0 Å². The van der Waals surface area contributed by atoms with Crippen LogP contribution in [0.2, 0.25) is 0 Å². The maximum absolute atomic E-state index is 5.69. The summed E-state index contributed by atoms with van der Waals surface area (Å²) in [6.45, 7) is 3.46. The van der Waals surface area contributed by atoms with Gasteiger partial charge >= 0.3 is 0 Å². The van der Waals surface area contributed by atoms with Crippen LogP contribution < -0.4 is 0 Å². The van der Waals surface area contributed by atoms with Gasteiger partial charge in [0.1, 0.15) is 0 Å². The Kier molecular flexibility index (Phi) is 9.81. The zero-order chi connectivity index (χ0) is 13.8. The van der Waals surface area contributed by atoms with Crippen molar-refractivity contribution in [3.8, 4) is 0 Å². The van der Waals surface area contributed by atoms with Crippen molar-refractivity contribution in [2.75, 3.05) is 45.9 Å². The lowest BCUT2D eigenvalue weighted by Crippen LogP contribution is -2.11. The molecule has 1 aromatic carbocycles. The second kappa shape index (κ2) is 11.3. The van der Waals surface area contributed by atoms with Crippen LogP contribution in [0.15, 0.2) is 30.3 Å². The summed E-state index contributed by atoms with van der Waals surface area (Å²) in [5.41, 5.74) is 1.29. The minimum absolute atomic E-state index is 0.360. The first-order chi connectivity index (χ1) is 9.38. The van der Waals surface area contributed by atoms with Gasteiger partial charge in [0.05, 0.1) is 19.8 Å². The Bertz CT molecular complexity index is 306. The highest BCUT2D eigenvalue weighted by atomic mass is 32.1. The molecule has 0 fully saturated rings. The fraction of sp³-hybridized carbons (Fsp3) is 0.600. The van der Waals surface area contributed by atoms with E-state index in [0.717, 1.165) is 25.4 Å². The smallest absolute Gasteiger partial charge is 0.0700 e. The maximum atomic E-state index is 5.69. The van der Waals surface area contributed by atoms with Crippen molar-refractivity contribution in [3.05, 3.63) is 35.9 Å². The molecular weight excluding hydrogens is 260 g/mol. The molecule has 108 valence electrons. The molecule has 1 aromatic rings. The number of hydrogen-bond donors (Lipinski definition) is 1. The Morgan fingerprint density at radius 3 is 2.42 bits per heavy atom. The molecule has 0 aliphatic carbocycles. The summed E-state index contributed by atoms with van der Waals surface area (Å²) in [5.74, 6) is 1.16. The van der Waals surface area contributed by atoms with Gasteiger partial charge in [-0.05, 0) is 17.7 Å². The number of thiol groups is 1. The number of rotatable bonds is 11. The quantitative estimate of drug-likeness (QED) is 0.500. The predicted octanol–water partition coefficient (Wildman–Crippen LogP) is 2.77. The molecule has 0 aromatic heterocycles. The molecule has 0 aliphatic rings. The summed E-state index contributed by atoms with van der Waals surface area (Å²) in [6, 6.07) is 10.4. The van der Waals surface area contributed by atoms with Crippen molar-refractivity contribution in [3.63, 3.8) is 0 Å². The van der Waals surface area contributed by atoms with E-state index in [1.165, 1.54) is 5.56 Å². The van der Waals surface area contributed by atoms with Crippen LogP contribution >= 0.6 is 12.6 Å². The molecule has 0 radical (unpaired) electrons. The van der Waals surface area contributed by atoms with Gasteiger partial charge in [-0.1, -0.05) is 30.3 Å². The molecule has 1 rings (SSSR count). The average molecular weight is 284 g/mol. The lowest BCUT2D eigenvalue weighted by atomic mass is 10.0. The van der Waals surface area contributed by atoms with Gasteiger partial charge in [-0.2, -0.15) is 12.6 Å². The molecule has 1 atom stereocenters. The first-order valence-corrected chi connectivity index (χ1v) is 7.32. The molecule has 0 amide bonds. The van der Waals surface area contributed by atoms with E-state index in [9.17, 15) is 0 Å². The van der Waals surface area contributed by atoms with Gasteiger partial charge in [0.2, 0.25) is 0 Å². The Morgan fingerprint density at radius 2 is 1.74 bits per heavy atom. The van der Waals surface area contributed by atoms with Crippen molar-refractivity contribution >= 4 is 12.6 Å². The topological polar surface area (TPSA) is 27.7 Å². The van der Waals surface area contributed by atoms with Gasteiger partial charge in [0, 0.05) is 26.2 Å². The number of hydrogen-bond acceptors (Lipinski definition) is 4. The van der Waals surface area contributed by atoms with Crippen LogP contribution in [0.25, 0.3) is 0 Å². The number of ether oxygens (including phenoxy) is 3. The van der Waals surface area contributed by atoms with Gasteiger partial charge in [-0.25, -0.2) is 0 Å². The molecule has 0 saturated heterocycles. The highest BCUT2D eigenvalue weighted by Gasteiger charge is 2.08. The van der Waals surface area contributed by atoms with E-state index in [1.54, 1.807) is 7.11 Å². The molecule has 0 bridgehead atoms. The molecule has 0 spiro atoms. The van der Waals surface area contributed by atoms with Crippen molar-refractivity contribution in [1.82, 2.24) is 0 Å². The van der Waals surface area contributed by atoms with Gasteiger partial charge in [-0.3, -0.25) is 0 Å². The normalized spacial score (nSPS) is 12.5. The lowest BCUT2D eigenvalue weighted by Gasteiger charge is -2.15. The van der Waals surface area contributed by atoms with Crippen LogP contribution in [0.5, 0.6) is 0 Å². The summed E-state index contributed by atoms with van der Waals surface area (Å²) in [5, 5.41) is 0. The Labute approximate surface area is 121 Å². The monoisotopic (exact) mass is 284 g/mol. The fourth-order valence-electron chi connectivity index (χ4n) is 1.71. The molecule has 0 N–H and O–H groups in total. The van der Waals surface area contributed by atoms with E-state index >= 15 is 0 Å². The summed E-state index contributed by atoms with van der Waals surface area (Å²) in [7, 11) is 1.67. The molecule has 0 aliphatic heterocycles. The summed E-state index contributed by atoms with van der Waals surface area (Å²) >= 11 is 4.39. The highest BCUT2D eigenvalue weighted by Crippen LogP contribution is 2.17. The fourth-order valence-corrected chi connectivity index (χ4v) is 2.03. The third-order valence-corrected chi connectivity index (χ3v) is 3.26. The molecule has 1 unspecified atom stereocenters. The van der Waals surface area contributed by atoms with Crippen LogP contribution in [0.4, 0.5) is 0 Å². The van der Waals surface area contributed by atoms with Crippen LogP contribution in [0.1, 0.15) is 17.9 Å². The first kappa shape index (κ1) is 16.5. The third-order valence-electron chi connectivity index (χ3n) is 2.82. The average Bonchev–Trinajstić information content (AvgIpc) is 2.47. The summed E-state index contributed by atoms with van der Waals surface area (Å²) in [4.78, 5) is 0. The largest absolute Gasteiger partial charge is 0.382 e. The standard InChI is InChI=1S/C15H24O3S/c1-16-10-11-17-8-5-9-18-12-15(13-19)14-6-3-2-4-7-14/h2-4,6-7,15,19H,5,8-13H2,1H3. The molecule has 0 saturated carbocycles. The minimum Gasteiger partial charge on any atom is -0.382 e. The van der Waals surface area contributed by atoms with Gasteiger partial charge in [-0.15, -0.1) is 0 Å². The third kappa shape index (κ3) is 7.57. The summed E-state index contributed by atoms with van der Waals surface area (Å²) in [6.07, 6.45) is 0.914. The van der Waals surface area contributed by atoms with E-state index in [2.05, 4.69) is 36.9 Å². The Hall–Kier alpha value is -0.550. The summed E-state index contributed by atoms with van der Waals surface area (Å²) < 4.78 is 16.0. The first-order valence-electron chi connectivity index (χ1n) is 6.68. The van der Waals surface area contributed by atoms with Crippen LogP contribution in [-0.2, 0) is 14.2 Å². The van der Waals surface area contributed by atoms with Crippen molar-refractivity contribution in [2.45, 2.75) is 12.3 Å². The Morgan fingerprint density at radius 1 is 1.00 bits per heavy atom. The zero-order valence-corrected chi connectivity index (χ0v) is 12.5. The van der Waals surface area contributed by atoms with E-state index in [0.29, 0.717) is 25.7 Å². The van der Waals surface area contributed by atoms with Crippen LogP contribution in [0, 0.1) is 0 Å². The second-order valence-electron chi connectivity index (χ2n) is 4.32. The van der Waals surface area contributed by atoms with E-state index < -0.39 is 0 Å². The molecular formula is C15H24O3S. The van der Waals surface area contributed by atoms with E-state index in [4.69, 9.17) is 14.2 Å². The van der Waals surface area contributed by atoms with Gasteiger partial charge in [0.15, 0.2) is 0 Å². The number of methoxy groups -OCH3 is 1. The van der Waals surface area contributed by atoms with Crippen LogP contribution in [-0.4, -0.2) is 45.9 Å². The molecule has 3 nitrogen and oxygen atoms in total.